The van der Waals surface area contributed by atoms with Crippen LogP contribution in [0.4, 0.5) is 0 Å². The van der Waals surface area contributed by atoms with E-state index < -0.39 is 0 Å². The molecule has 6 aromatic rings. The van der Waals surface area contributed by atoms with Gasteiger partial charge in [0.15, 0.2) is 11.6 Å². The number of hydrogen-bond acceptors (Lipinski definition) is 3. The zero-order chi connectivity index (χ0) is 20.8. The second kappa shape index (κ2) is 7.15. The minimum atomic E-state index is 0.185. The summed E-state index contributed by atoms with van der Waals surface area (Å²) in [7, 11) is 0. The maximum Gasteiger partial charge on any atom is 0.226 e. The van der Waals surface area contributed by atoms with Gasteiger partial charge in [-0.2, -0.15) is 9.97 Å². The molecule has 146 valence electrons. The highest BCUT2D eigenvalue weighted by atomic mass is 35.5. The fraction of sp³-hybridized carbons (Fsp3) is 0. The van der Waals surface area contributed by atoms with Gasteiger partial charge in [0.25, 0.3) is 0 Å². The van der Waals surface area contributed by atoms with Gasteiger partial charge in [-0.25, -0.2) is 4.98 Å². The Morgan fingerprint density at radius 3 is 1.77 bits per heavy atom. The van der Waals surface area contributed by atoms with Gasteiger partial charge in [0.2, 0.25) is 5.28 Å². The van der Waals surface area contributed by atoms with Crippen LogP contribution in [0.2, 0.25) is 5.28 Å². The molecule has 31 heavy (non-hydrogen) atoms. The molecule has 0 aliphatic rings. The van der Waals surface area contributed by atoms with E-state index in [1.807, 2.05) is 42.5 Å². The highest BCUT2D eigenvalue weighted by Crippen LogP contribution is 2.35. The molecule has 0 radical (unpaired) electrons. The summed E-state index contributed by atoms with van der Waals surface area (Å²) in [6.07, 6.45) is 0. The predicted molar refractivity (Wildman–Crippen MR) is 128 cm³/mol. The van der Waals surface area contributed by atoms with Crippen LogP contribution in [0.25, 0.3) is 55.1 Å². The lowest BCUT2D eigenvalue weighted by Gasteiger charge is -2.12. The number of aromatic nitrogens is 3. The molecular weight excluding hydrogens is 402 g/mol. The lowest BCUT2D eigenvalue weighted by molar-refractivity contribution is 1.07. The van der Waals surface area contributed by atoms with E-state index in [4.69, 9.17) is 16.6 Å². The first-order valence-corrected chi connectivity index (χ1v) is 10.5. The molecule has 0 N–H and O–H groups in total. The topological polar surface area (TPSA) is 38.7 Å². The van der Waals surface area contributed by atoms with Gasteiger partial charge in [-0.3, -0.25) is 0 Å². The molecule has 0 bridgehead atoms. The molecule has 0 amide bonds. The second-order valence-electron chi connectivity index (χ2n) is 7.51. The molecule has 0 atom stereocenters. The van der Waals surface area contributed by atoms with Crippen molar-refractivity contribution in [1.82, 2.24) is 15.0 Å². The van der Waals surface area contributed by atoms with Crippen molar-refractivity contribution in [3.05, 3.63) is 102 Å². The van der Waals surface area contributed by atoms with E-state index in [1.54, 1.807) is 0 Å². The van der Waals surface area contributed by atoms with E-state index >= 15 is 0 Å². The van der Waals surface area contributed by atoms with Crippen molar-refractivity contribution in [3.8, 4) is 22.8 Å². The summed E-state index contributed by atoms with van der Waals surface area (Å²) in [4.78, 5) is 13.8. The van der Waals surface area contributed by atoms with Crippen molar-refractivity contribution in [2.75, 3.05) is 0 Å². The molecule has 0 saturated carbocycles. The van der Waals surface area contributed by atoms with Gasteiger partial charge in [0.1, 0.15) is 0 Å². The van der Waals surface area contributed by atoms with E-state index in [-0.39, 0.29) is 5.28 Å². The lowest BCUT2D eigenvalue weighted by Crippen LogP contribution is -1.98. The van der Waals surface area contributed by atoms with Crippen LogP contribution in [0.5, 0.6) is 0 Å². The van der Waals surface area contributed by atoms with E-state index in [1.165, 1.54) is 5.39 Å². The molecule has 0 spiro atoms. The van der Waals surface area contributed by atoms with Crippen molar-refractivity contribution >= 4 is 43.9 Å². The average Bonchev–Trinajstić information content (AvgIpc) is 2.81. The molecule has 1 heterocycles. The van der Waals surface area contributed by atoms with Gasteiger partial charge in [-0.1, -0.05) is 84.9 Å². The first-order chi connectivity index (χ1) is 15.3. The van der Waals surface area contributed by atoms with Gasteiger partial charge in [-0.05, 0) is 56.1 Å². The average molecular weight is 418 g/mol. The summed E-state index contributed by atoms with van der Waals surface area (Å²) in [5, 5.41) is 6.95. The van der Waals surface area contributed by atoms with Gasteiger partial charge < -0.3 is 0 Å². The Morgan fingerprint density at radius 1 is 0.484 bits per heavy atom. The van der Waals surface area contributed by atoms with Crippen LogP contribution in [0.1, 0.15) is 0 Å². The molecular formula is C27H16ClN3. The molecule has 3 nitrogen and oxygen atoms in total. The molecule has 0 fully saturated rings. The largest absolute Gasteiger partial charge is 0.226 e. The molecule has 0 saturated heterocycles. The highest BCUT2D eigenvalue weighted by molar-refractivity contribution is 6.28. The van der Waals surface area contributed by atoms with E-state index in [2.05, 4.69) is 64.6 Å². The van der Waals surface area contributed by atoms with Crippen LogP contribution >= 0.6 is 11.6 Å². The molecule has 0 aliphatic heterocycles. The van der Waals surface area contributed by atoms with Gasteiger partial charge in [-0.15, -0.1) is 0 Å². The number of fused-ring (bicyclic) bond motifs is 3. The number of halogens is 1. The second-order valence-corrected chi connectivity index (χ2v) is 7.85. The summed E-state index contributed by atoms with van der Waals surface area (Å²) < 4.78 is 0. The van der Waals surface area contributed by atoms with E-state index in [9.17, 15) is 0 Å². The SMILES string of the molecule is Clc1nc(-c2ccc3ccccc3c2)nc(-c2c3ccccc3cc3ccccc23)n1. The predicted octanol–water partition coefficient (Wildman–Crippen LogP) is 7.32. The zero-order valence-electron chi connectivity index (χ0n) is 16.5. The van der Waals surface area contributed by atoms with Crippen LogP contribution in [0, 0.1) is 0 Å². The summed E-state index contributed by atoms with van der Waals surface area (Å²) in [5.41, 5.74) is 1.88. The number of rotatable bonds is 2. The highest BCUT2D eigenvalue weighted by Gasteiger charge is 2.15. The Bertz CT molecular complexity index is 1550. The van der Waals surface area contributed by atoms with Crippen LogP contribution in [0.15, 0.2) is 97.1 Å². The Kier molecular flexibility index (Phi) is 4.15. The Hall–Kier alpha value is -3.82. The van der Waals surface area contributed by atoms with Crippen LogP contribution in [0.3, 0.4) is 0 Å². The summed E-state index contributed by atoms with van der Waals surface area (Å²) in [6, 6.07) is 33.2. The van der Waals surface area contributed by atoms with Crippen LogP contribution < -0.4 is 0 Å². The van der Waals surface area contributed by atoms with Crippen molar-refractivity contribution in [2.45, 2.75) is 0 Å². The first-order valence-electron chi connectivity index (χ1n) is 10.1. The molecule has 0 unspecified atom stereocenters. The third kappa shape index (κ3) is 3.11. The van der Waals surface area contributed by atoms with Crippen molar-refractivity contribution in [1.29, 1.82) is 0 Å². The monoisotopic (exact) mass is 417 g/mol. The Balaban J connectivity index is 1.64. The summed E-state index contributed by atoms with van der Waals surface area (Å²) in [6.45, 7) is 0. The number of nitrogens with zero attached hydrogens (tertiary/aromatic N) is 3. The number of benzene rings is 5. The fourth-order valence-electron chi connectivity index (χ4n) is 4.17. The Morgan fingerprint density at radius 2 is 1.06 bits per heavy atom. The maximum absolute atomic E-state index is 6.41. The fourth-order valence-corrected chi connectivity index (χ4v) is 4.33. The van der Waals surface area contributed by atoms with E-state index in [0.29, 0.717) is 11.6 Å². The molecule has 6 rings (SSSR count). The lowest BCUT2D eigenvalue weighted by atomic mass is 9.96. The molecule has 1 aromatic heterocycles. The van der Waals surface area contributed by atoms with Crippen molar-refractivity contribution in [3.63, 3.8) is 0 Å². The molecule has 0 aliphatic carbocycles. The minimum Gasteiger partial charge on any atom is -0.208 e. The first kappa shape index (κ1) is 18.0. The zero-order valence-corrected chi connectivity index (χ0v) is 17.2. The van der Waals surface area contributed by atoms with Crippen LogP contribution in [-0.4, -0.2) is 15.0 Å². The normalized spacial score (nSPS) is 11.4. The summed E-state index contributed by atoms with van der Waals surface area (Å²) in [5.74, 6) is 1.15. The third-order valence-corrected chi connectivity index (χ3v) is 5.78. The standard InChI is InChI=1S/C27H16ClN3/c28-27-30-25(21-14-13-17-7-1-2-8-18(17)15-21)29-26(31-27)24-22-11-5-3-9-19(22)16-20-10-4-6-12-23(20)24/h1-16H. The maximum atomic E-state index is 6.41. The van der Waals surface area contributed by atoms with Crippen molar-refractivity contribution < 1.29 is 0 Å². The Labute approximate surface area is 184 Å². The van der Waals surface area contributed by atoms with Gasteiger partial charge in [0, 0.05) is 11.1 Å². The van der Waals surface area contributed by atoms with Gasteiger partial charge >= 0.3 is 0 Å². The van der Waals surface area contributed by atoms with Crippen molar-refractivity contribution in [2.24, 2.45) is 0 Å². The smallest absolute Gasteiger partial charge is 0.208 e. The van der Waals surface area contributed by atoms with Crippen LogP contribution in [-0.2, 0) is 0 Å². The number of hydrogen-bond donors (Lipinski definition) is 0. The quantitative estimate of drug-likeness (QED) is 0.277. The molecule has 4 heteroatoms. The van der Waals surface area contributed by atoms with E-state index in [0.717, 1.165) is 38.1 Å². The minimum absolute atomic E-state index is 0.185. The molecule has 5 aromatic carbocycles. The summed E-state index contributed by atoms with van der Waals surface area (Å²) >= 11 is 6.41. The van der Waals surface area contributed by atoms with Gasteiger partial charge in [0.05, 0.1) is 0 Å². The third-order valence-electron chi connectivity index (χ3n) is 5.61.